The van der Waals surface area contributed by atoms with E-state index in [0.717, 1.165) is 34.8 Å². The fraction of sp³-hybridized carbons (Fsp3) is 0.240. The van der Waals surface area contributed by atoms with Gasteiger partial charge in [-0.1, -0.05) is 30.3 Å². The van der Waals surface area contributed by atoms with E-state index in [1.54, 1.807) is 42.8 Å². The van der Waals surface area contributed by atoms with Gasteiger partial charge in [-0.05, 0) is 53.8 Å². The molecule has 0 spiro atoms. The second-order valence-electron chi connectivity index (χ2n) is 7.39. The number of rotatable bonds is 7. The molecule has 172 valence electrons. The molecular weight excluding hydrogens is 459 g/mol. The Labute approximate surface area is 201 Å². The van der Waals surface area contributed by atoms with Crippen LogP contribution in [0.1, 0.15) is 22.1 Å². The summed E-state index contributed by atoms with van der Waals surface area (Å²) < 4.78 is 26.4. The molecule has 3 aromatic rings. The first kappa shape index (κ1) is 23.3. The summed E-state index contributed by atoms with van der Waals surface area (Å²) in [6.07, 6.45) is 1.12. The Morgan fingerprint density at radius 3 is 2.39 bits per heavy atom. The number of carbonyl (C=O) groups excluding carboxylic acids is 1. The number of halogens is 1. The molecule has 8 heteroatoms. The van der Waals surface area contributed by atoms with Crippen molar-refractivity contribution in [1.29, 1.82) is 0 Å². The zero-order valence-electron chi connectivity index (χ0n) is 18.2. The minimum atomic E-state index is -0.497. The SMILES string of the molecule is COc1ccc(COc2c(F)cc(NC(=O)Nc3ccccc3)cc2C2SCCCS2)cc1. The predicted molar refractivity (Wildman–Crippen MR) is 135 cm³/mol. The lowest BCUT2D eigenvalue weighted by Crippen LogP contribution is -2.19. The zero-order chi connectivity index (χ0) is 23.0. The van der Waals surface area contributed by atoms with Crippen molar-refractivity contribution in [3.63, 3.8) is 0 Å². The number of hydrogen-bond acceptors (Lipinski definition) is 5. The van der Waals surface area contributed by atoms with Gasteiger partial charge in [0.1, 0.15) is 12.4 Å². The summed E-state index contributed by atoms with van der Waals surface area (Å²) in [5, 5.41) is 5.50. The number of para-hydroxylation sites is 1. The molecule has 33 heavy (non-hydrogen) atoms. The fourth-order valence-electron chi connectivity index (χ4n) is 3.37. The molecule has 0 radical (unpaired) electrons. The van der Waals surface area contributed by atoms with E-state index < -0.39 is 11.8 Å². The first-order chi connectivity index (χ1) is 16.1. The van der Waals surface area contributed by atoms with Crippen molar-refractivity contribution >= 4 is 40.9 Å². The summed E-state index contributed by atoms with van der Waals surface area (Å²) in [7, 11) is 1.61. The van der Waals surface area contributed by atoms with Crippen LogP contribution in [0.5, 0.6) is 11.5 Å². The van der Waals surface area contributed by atoms with E-state index in [1.165, 1.54) is 6.07 Å². The first-order valence-corrected chi connectivity index (χ1v) is 12.7. The summed E-state index contributed by atoms with van der Waals surface area (Å²) in [6.45, 7) is 0.233. The summed E-state index contributed by atoms with van der Waals surface area (Å²) in [4.78, 5) is 12.4. The van der Waals surface area contributed by atoms with E-state index in [0.29, 0.717) is 11.4 Å². The number of nitrogens with one attached hydrogen (secondary N) is 2. The molecule has 2 amide bonds. The summed E-state index contributed by atoms with van der Waals surface area (Å²) >= 11 is 3.53. The molecule has 0 atom stereocenters. The summed E-state index contributed by atoms with van der Waals surface area (Å²) in [5.41, 5.74) is 2.70. The van der Waals surface area contributed by atoms with Gasteiger partial charge in [0.05, 0.1) is 11.7 Å². The topological polar surface area (TPSA) is 59.6 Å². The third-order valence-electron chi connectivity index (χ3n) is 4.99. The maximum Gasteiger partial charge on any atom is 0.323 e. The number of methoxy groups -OCH3 is 1. The van der Waals surface area contributed by atoms with Crippen molar-refractivity contribution in [2.24, 2.45) is 0 Å². The molecular formula is C25H25FN2O3S2. The van der Waals surface area contributed by atoms with Crippen molar-refractivity contribution < 1.29 is 18.7 Å². The van der Waals surface area contributed by atoms with Gasteiger partial charge in [0.25, 0.3) is 0 Å². The molecule has 4 rings (SSSR count). The van der Waals surface area contributed by atoms with E-state index in [9.17, 15) is 4.79 Å². The zero-order valence-corrected chi connectivity index (χ0v) is 19.8. The highest BCUT2D eigenvalue weighted by Crippen LogP contribution is 2.48. The fourth-order valence-corrected chi connectivity index (χ4v) is 6.28. The van der Waals surface area contributed by atoms with Gasteiger partial charge in [-0.25, -0.2) is 9.18 Å². The van der Waals surface area contributed by atoms with Gasteiger partial charge in [-0.2, -0.15) is 0 Å². The van der Waals surface area contributed by atoms with E-state index in [1.807, 2.05) is 48.5 Å². The Balaban J connectivity index is 1.54. The van der Waals surface area contributed by atoms with Crippen LogP contribution in [0.3, 0.4) is 0 Å². The lowest BCUT2D eigenvalue weighted by molar-refractivity contribution is 0.262. The molecule has 3 aromatic carbocycles. The Bertz CT molecular complexity index is 1080. The van der Waals surface area contributed by atoms with Crippen LogP contribution in [0, 0.1) is 5.82 Å². The van der Waals surface area contributed by atoms with Gasteiger partial charge in [0, 0.05) is 23.0 Å². The minimum absolute atomic E-state index is 0.0399. The van der Waals surface area contributed by atoms with Crippen LogP contribution in [0.4, 0.5) is 20.6 Å². The maximum atomic E-state index is 15.2. The molecule has 0 aliphatic carbocycles. The van der Waals surface area contributed by atoms with Crippen LogP contribution in [-0.2, 0) is 6.61 Å². The lowest BCUT2D eigenvalue weighted by atomic mass is 10.1. The third-order valence-corrected chi connectivity index (χ3v) is 7.96. The Kier molecular flexibility index (Phi) is 8.01. The second-order valence-corrected chi connectivity index (χ2v) is 10.1. The highest BCUT2D eigenvalue weighted by molar-refractivity contribution is 8.16. The van der Waals surface area contributed by atoms with Crippen molar-refractivity contribution in [3.8, 4) is 11.5 Å². The average molecular weight is 485 g/mol. The predicted octanol–water partition coefficient (Wildman–Crippen LogP) is 6.93. The van der Waals surface area contributed by atoms with Crippen LogP contribution < -0.4 is 20.1 Å². The van der Waals surface area contributed by atoms with Crippen molar-refractivity contribution in [3.05, 3.63) is 83.7 Å². The number of hydrogen-bond donors (Lipinski definition) is 2. The van der Waals surface area contributed by atoms with Crippen molar-refractivity contribution in [2.45, 2.75) is 17.6 Å². The Hall–Kier alpha value is -2.84. The Morgan fingerprint density at radius 2 is 1.70 bits per heavy atom. The average Bonchev–Trinajstić information content (AvgIpc) is 2.84. The molecule has 0 bridgehead atoms. The van der Waals surface area contributed by atoms with Gasteiger partial charge >= 0.3 is 6.03 Å². The molecule has 5 nitrogen and oxygen atoms in total. The second kappa shape index (κ2) is 11.3. The molecule has 0 unspecified atom stereocenters. The van der Waals surface area contributed by atoms with E-state index >= 15 is 4.39 Å². The highest BCUT2D eigenvalue weighted by Gasteiger charge is 2.24. The molecule has 0 saturated carbocycles. The van der Waals surface area contributed by atoms with Crippen LogP contribution >= 0.6 is 23.5 Å². The molecule has 1 saturated heterocycles. The van der Waals surface area contributed by atoms with E-state index in [2.05, 4.69) is 10.6 Å². The van der Waals surface area contributed by atoms with E-state index in [4.69, 9.17) is 9.47 Å². The third kappa shape index (κ3) is 6.36. The molecule has 1 aliphatic rings. The number of benzene rings is 3. The molecule has 0 aromatic heterocycles. The monoisotopic (exact) mass is 484 g/mol. The van der Waals surface area contributed by atoms with Gasteiger partial charge in [-0.15, -0.1) is 23.5 Å². The number of anilines is 2. The van der Waals surface area contributed by atoms with Gasteiger partial charge in [0.2, 0.25) is 0 Å². The van der Waals surface area contributed by atoms with Gasteiger partial charge in [0.15, 0.2) is 11.6 Å². The smallest absolute Gasteiger partial charge is 0.323 e. The van der Waals surface area contributed by atoms with Crippen molar-refractivity contribution in [2.75, 3.05) is 29.2 Å². The van der Waals surface area contributed by atoms with E-state index in [-0.39, 0.29) is 16.9 Å². The number of amides is 2. The largest absolute Gasteiger partial charge is 0.497 e. The maximum absolute atomic E-state index is 15.2. The summed E-state index contributed by atoms with van der Waals surface area (Å²) in [6, 6.07) is 19.3. The molecule has 2 N–H and O–H groups in total. The lowest BCUT2D eigenvalue weighted by Gasteiger charge is -2.24. The Morgan fingerprint density at radius 1 is 1.00 bits per heavy atom. The molecule has 1 heterocycles. The number of carbonyl (C=O) groups is 1. The normalized spacial score (nSPS) is 13.9. The van der Waals surface area contributed by atoms with Crippen LogP contribution in [0.25, 0.3) is 0 Å². The first-order valence-electron chi connectivity index (χ1n) is 10.6. The van der Waals surface area contributed by atoms with Crippen LogP contribution in [0.2, 0.25) is 0 Å². The minimum Gasteiger partial charge on any atom is -0.497 e. The van der Waals surface area contributed by atoms with Crippen LogP contribution in [-0.4, -0.2) is 24.6 Å². The number of ether oxygens (including phenoxy) is 2. The molecule has 1 aliphatic heterocycles. The molecule has 1 fully saturated rings. The standard InChI is InChI=1S/C25H25FN2O3S2/c1-30-20-10-8-17(9-11-20)16-31-23-21(24-32-12-5-13-33-24)14-19(15-22(23)26)28-25(29)27-18-6-3-2-4-7-18/h2-4,6-11,14-15,24H,5,12-13,16H2,1H3,(H2,27,28,29). The highest BCUT2D eigenvalue weighted by atomic mass is 32.2. The van der Waals surface area contributed by atoms with Gasteiger partial charge in [-0.3, -0.25) is 0 Å². The quantitative estimate of drug-likeness (QED) is 0.381. The number of thioether (sulfide) groups is 2. The van der Waals surface area contributed by atoms with Gasteiger partial charge < -0.3 is 20.1 Å². The van der Waals surface area contributed by atoms with Crippen molar-refractivity contribution in [1.82, 2.24) is 0 Å². The number of urea groups is 1. The van der Waals surface area contributed by atoms with Crippen LogP contribution in [0.15, 0.2) is 66.7 Å². The summed E-state index contributed by atoms with van der Waals surface area (Å²) in [5.74, 6) is 2.49.